The molecule has 7 nitrogen and oxygen atoms in total. The van der Waals surface area contributed by atoms with Crippen LogP contribution < -0.4 is 0 Å². The van der Waals surface area contributed by atoms with Gasteiger partial charge in [-0.1, -0.05) is 17.3 Å². The molecule has 0 N–H and O–H groups in total. The quantitative estimate of drug-likeness (QED) is 0.774. The van der Waals surface area contributed by atoms with Crippen LogP contribution in [0.5, 0.6) is 0 Å². The molecule has 0 aliphatic rings. The molecule has 1 heterocycles. The van der Waals surface area contributed by atoms with Gasteiger partial charge in [0.05, 0.1) is 11.3 Å². The Balaban J connectivity index is 2.03. The van der Waals surface area contributed by atoms with Gasteiger partial charge in [0, 0.05) is 6.26 Å². The number of sulfone groups is 1. The van der Waals surface area contributed by atoms with E-state index in [-0.39, 0.29) is 11.6 Å². The number of aromatic nitrogens is 2. The molecular weight excluding hydrogens is 308 g/mol. The van der Waals surface area contributed by atoms with E-state index >= 15 is 0 Å². The lowest BCUT2D eigenvalue weighted by Crippen LogP contribution is -2.10. The highest BCUT2D eigenvalue weighted by atomic mass is 32.2. The number of hydrogen-bond donors (Lipinski definition) is 0. The molecule has 0 aliphatic heterocycles. The first-order chi connectivity index (χ1) is 10.2. The maximum Gasteiger partial charge on any atom is 0.338 e. The highest BCUT2D eigenvalue weighted by Crippen LogP contribution is 2.17. The fourth-order valence-corrected chi connectivity index (χ4v) is 2.60. The van der Waals surface area contributed by atoms with E-state index < -0.39 is 21.9 Å². The summed E-state index contributed by atoms with van der Waals surface area (Å²) in [5.74, 6) is 0.0665. The number of hydrogen-bond acceptors (Lipinski definition) is 7. The van der Waals surface area contributed by atoms with Gasteiger partial charge in [-0.15, -0.1) is 0 Å². The van der Waals surface area contributed by atoms with E-state index in [4.69, 9.17) is 9.26 Å². The highest BCUT2D eigenvalue weighted by molar-refractivity contribution is 7.89. The average molecular weight is 324 g/mol. The summed E-state index contributed by atoms with van der Waals surface area (Å²) in [5.41, 5.74) is 0.931. The van der Waals surface area contributed by atoms with E-state index in [9.17, 15) is 13.2 Å². The van der Waals surface area contributed by atoms with Gasteiger partial charge in [-0.2, -0.15) is 4.98 Å². The van der Waals surface area contributed by atoms with Crippen LogP contribution in [0.25, 0.3) is 0 Å². The summed E-state index contributed by atoms with van der Waals surface area (Å²) in [6, 6.07) is 6.21. The van der Waals surface area contributed by atoms with Crippen LogP contribution in [0.3, 0.4) is 0 Å². The molecule has 1 aromatic carbocycles. The fourth-order valence-electron chi connectivity index (χ4n) is 1.80. The van der Waals surface area contributed by atoms with Crippen molar-refractivity contribution >= 4 is 15.8 Å². The molecule has 1 aromatic heterocycles. The normalized spacial score (nSPS) is 12.9. The largest absolute Gasteiger partial charge is 0.449 e. The molecule has 0 radical (unpaired) electrons. The van der Waals surface area contributed by atoms with Gasteiger partial charge in [0.25, 0.3) is 5.89 Å². The van der Waals surface area contributed by atoms with Crippen molar-refractivity contribution in [3.05, 3.63) is 47.1 Å². The Morgan fingerprint density at radius 2 is 1.95 bits per heavy atom. The van der Waals surface area contributed by atoms with Gasteiger partial charge < -0.3 is 9.26 Å². The molecule has 8 heteroatoms. The number of esters is 1. The Labute approximate surface area is 128 Å². The van der Waals surface area contributed by atoms with E-state index in [1.54, 1.807) is 26.0 Å². The van der Waals surface area contributed by atoms with Crippen LogP contribution in [0.2, 0.25) is 0 Å². The van der Waals surface area contributed by atoms with E-state index in [2.05, 4.69) is 10.1 Å². The number of carbonyl (C=O) groups is 1. The monoisotopic (exact) mass is 324 g/mol. The third-order valence-electron chi connectivity index (χ3n) is 2.79. The van der Waals surface area contributed by atoms with Crippen LogP contribution in [0.15, 0.2) is 28.8 Å². The summed E-state index contributed by atoms with van der Waals surface area (Å²) in [4.78, 5) is 16.0. The van der Waals surface area contributed by atoms with Crippen LogP contribution in [0.1, 0.15) is 40.7 Å². The number of rotatable bonds is 5. The zero-order valence-electron chi connectivity index (χ0n) is 12.4. The third kappa shape index (κ3) is 4.39. The first-order valence-corrected chi connectivity index (χ1v) is 8.58. The third-order valence-corrected chi connectivity index (χ3v) is 3.65. The molecule has 2 aromatic rings. The molecule has 0 bridgehead atoms. The molecule has 0 saturated heterocycles. The second-order valence-corrected chi connectivity index (χ2v) is 7.13. The van der Waals surface area contributed by atoms with Crippen molar-refractivity contribution in [2.24, 2.45) is 0 Å². The molecule has 118 valence electrons. The first kappa shape index (κ1) is 16.2. The van der Waals surface area contributed by atoms with Crippen LogP contribution in [-0.4, -0.2) is 30.8 Å². The zero-order valence-corrected chi connectivity index (χ0v) is 13.3. The van der Waals surface area contributed by atoms with Gasteiger partial charge in [-0.3, -0.25) is 0 Å². The lowest BCUT2D eigenvalue weighted by Gasteiger charge is -2.09. The van der Waals surface area contributed by atoms with Gasteiger partial charge in [-0.05, 0) is 31.5 Å². The summed E-state index contributed by atoms with van der Waals surface area (Å²) >= 11 is 0. The maximum absolute atomic E-state index is 12.0. The highest BCUT2D eigenvalue weighted by Gasteiger charge is 2.18. The minimum absolute atomic E-state index is 0.0695. The molecule has 0 fully saturated rings. The van der Waals surface area contributed by atoms with Crippen molar-refractivity contribution in [1.29, 1.82) is 0 Å². The standard InChI is InChI=1S/C14H16N2O5S/c1-9(13-15-10(2)16-21-13)20-14(17)12-6-4-11(5-7-12)8-22(3,18)19/h4-7,9H,8H2,1-3H3/t9-/m1/s1. The van der Waals surface area contributed by atoms with Gasteiger partial charge in [0.2, 0.25) is 0 Å². The number of aryl methyl sites for hydroxylation is 1. The lowest BCUT2D eigenvalue weighted by molar-refractivity contribution is 0.0265. The molecule has 0 amide bonds. The number of benzene rings is 1. The van der Waals surface area contributed by atoms with Crippen LogP contribution in [0.4, 0.5) is 0 Å². The smallest absolute Gasteiger partial charge is 0.338 e. The van der Waals surface area contributed by atoms with Crippen LogP contribution in [-0.2, 0) is 20.3 Å². The Hall–Kier alpha value is -2.22. The number of ether oxygens (including phenoxy) is 1. The topological polar surface area (TPSA) is 99.4 Å². The van der Waals surface area contributed by atoms with Gasteiger partial charge in [-0.25, -0.2) is 13.2 Å². The Kier molecular flexibility index (Phi) is 4.60. The van der Waals surface area contributed by atoms with Crippen molar-refractivity contribution in [1.82, 2.24) is 10.1 Å². The summed E-state index contributed by atoms with van der Waals surface area (Å²) in [7, 11) is -3.11. The van der Waals surface area contributed by atoms with E-state index in [0.717, 1.165) is 6.26 Å². The van der Waals surface area contributed by atoms with Crippen molar-refractivity contribution in [2.45, 2.75) is 25.7 Å². The Morgan fingerprint density at radius 3 is 2.45 bits per heavy atom. The molecule has 1 atom stereocenters. The van der Waals surface area contributed by atoms with E-state index in [0.29, 0.717) is 17.0 Å². The first-order valence-electron chi connectivity index (χ1n) is 6.52. The van der Waals surface area contributed by atoms with Gasteiger partial charge >= 0.3 is 5.97 Å². The zero-order chi connectivity index (χ0) is 16.3. The number of nitrogens with zero attached hydrogens (tertiary/aromatic N) is 2. The minimum Gasteiger partial charge on any atom is -0.449 e. The summed E-state index contributed by atoms with van der Waals surface area (Å²) in [6.45, 7) is 3.30. The van der Waals surface area contributed by atoms with Gasteiger partial charge in [0.1, 0.15) is 0 Å². The lowest BCUT2D eigenvalue weighted by atomic mass is 10.1. The van der Waals surface area contributed by atoms with E-state index in [1.165, 1.54) is 12.1 Å². The molecule has 22 heavy (non-hydrogen) atoms. The number of carbonyl (C=O) groups excluding carboxylic acids is 1. The average Bonchev–Trinajstić information content (AvgIpc) is 2.84. The summed E-state index contributed by atoms with van der Waals surface area (Å²) in [5, 5.41) is 3.63. The van der Waals surface area contributed by atoms with Crippen LogP contribution in [0, 0.1) is 6.92 Å². The fraction of sp³-hybridized carbons (Fsp3) is 0.357. The Morgan fingerprint density at radius 1 is 1.32 bits per heavy atom. The second-order valence-electron chi connectivity index (χ2n) is 4.99. The SMILES string of the molecule is Cc1noc([C@@H](C)OC(=O)c2ccc(CS(C)(=O)=O)cc2)n1. The van der Waals surface area contributed by atoms with Gasteiger partial charge in [0.15, 0.2) is 21.8 Å². The predicted octanol–water partition coefficient (Wildman–Crippen LogP) is 1.84. The Bertz CT molecular complexity index is 765. The predicted molar refractivity (Wildman–Crippen MR) is 77.9 cm³/mol. The summed E-state index contributed by atoms with van der Waals surface area (Å²) in [6.07, 6.45) is 0.493. The molecule has 0 aliphatic carbocycles. The molecule has 0 unspecified atom stereocenters. The van der Waals surface area contributed by atoms with Crippen LogP contribution >= 0.6 is 0 Å². The second kappa shape index (κ2) is 6.27. The van der Waals surface area contributed by atoms with Crippen molar-refractivity contribution in [3.63, 3.8) is 0 Å². The maximum atomic E-state index is 12.0. The summed E-state index contributed by atoms with van der Waals surface area (Å²) < 4.78 is 32.6. The molecule has 0 spiro atoms. The molecule has 2 rings (SSSR count). The minimum atomic E-state index is -3.11. The molecular formula is C14H16N2O5S. The van der Waals surface area contributed by atoms with Crippen molar-refractivity contribution in [3.8, 4) is 0 Å². The van der Waals surface area contributed by atoms with Crippen molar-refractivity contribution < 1.29 is 22.5 Å². The van der Waals surface area contributed by atoms with Crippen molar-refractivity contribution in [2.75, 3.05) is 6.26 Å². The van der Waals surface area contributed by atoms with E-state index in [1.807, 2.05) is 0 Å². The molecule has 0 saturated carbocycles.